The van der Waals surface area contributed by atoms with Gasteiger partial charge < -0.3 is 48.3 Å². The second kappa shape index (κ2) is 15.3. The van der Waals surface area contributed by atoms with Gasteiger partial charge in [0.2, 0.25) is 17.7 Å². The zero-order valence-corrected chi connectivity index (χ0v) is 22.4. The Balaban J connectivity index is 2.26. The van der Waals surface area contributed by atoms with Crippen molar-refractivity contribution in [2.45, 2.75) is 49.9 Å². The van der Waals surface area contributed by atoms with Crippen LogP contribution in [0.5, 0.6) is 0 Å². The Morgan fingerprint density at radius 1 is 0.950 bits per heavy atom. The second-order valence-corrected chi connectivity index (χ2v) is 9.29. The van der Waals surface area contributed by atoms with Crippen molar-refractivity contribution in [3.05, 3.63) is 36.0 Å². The Morgan fingerprint density at radius 3 is 2.20 bits per heavy atom. The number of aliphatic carboxylic acids is 2. The summed E-state index contributed by atoms with van der Waals surface area (Å²) in [6.45, 7) is 0.248. The molecule has 4 atom stereocenters. The molecule has 12 N–H and O–H groups in total. The Labute approximate surface area is 234 Å². The molecular weight excluding hydrogens is 544 g/mol. The lowest BCUT2D eigenvalue weighted by Gasteiger charge is -2.24. The fraction of sp³-hybridized carbons (Fsp3) is 0.417. The number of H-pyrrole nitrogens is 1. The maximum atomic E-state index is 13.4. The van der Waals surface area contributed by atoms with Crippen LogP contribution in [0.1, 0.15) is 24.8 Å². The van der Waals surface area contributed by atoms with Crippen molar-refractivity contribution in [1.29, 1.82) is 0 Å². The molecule has 15 nitrogen and oxygen atoms in total. The van der Waals surface area contributed by atoms with E-state index < -0.39 is 60.2 Å². The number of nitrogens with zero attached hydrogens (tertiary/aromatic N) is 1. The molecule has 0 radical (unpaired) electrons. The highest BCUT2D eigenvalue weighted by atomic mass is 32.1. The van der Waals surface area contributed by atoms with Crippen LogP contribution >= 0.6 is 12.6 Å². The Bertz CT molecular complexity index is 1250. The number of carbonyl (C=O) groups is 5. The first-order valence-corrected chi connectivity index (χ1v) is 12.9. The average Bonchev–Trinajstić information content (AvgIpc) is 3.30. The van der Waals surface area contributed by atoms with E-state index in [1.165, 1.54) is 0 Å². The fourth-order valence-electron chi connectivity index (χ4n) is 3.77. The molecular formula is C24H34N8O7S. The lowest BCUT2D eigenvalue weighted by molar-refractivity contribution is -0.143. The predicted octanol–water partition coefficient (Wildman–Crippen LogP) is -1.97. The highest BCUT2D eigenvalue weighted by molar-refractivity contribution is 7.80. The number of carboxylic acid groups (broad SMARTS) is 2. The van der Waals surface area contributed by atoms with Gasteiger partial charge in [-0.25, -0.2) is 4.79 Å². The number of hydrogen-bond donors (Lipinski definition) is 10. The molecule has 0 saturated heterocycles. The second-order valence-electron chi connectivity index (χ2n) is 8.92. The van der Waals surface area contributed by atoms with Gasteiger partial charge in [-0.2, -0.15) is 12.6 Å². The number of rotatable bonds is 16. The quantitative estimate of drug-likeness (QED) is 0.0454. The number of aliphatic imine (C=N–C) groups is 1. The van der Waals surface area contributed by atoms with E-state index in [1.54, 1.807) is 12.3 Å². The number of carboxylic acids is 2. The van der Waals surface area contributed by atoms with Crippen LogP contribution in [0.25, 0.3) is 10.9 Å². The first kappa shape index (κ1) is 31.9. The van der Waals surface area contributed by atoms with Crippen molar-refractivity contribution in [3.63, 3.8) is 0 Å². The number of thiol groups is 1. The number of fused-ring (bicyclic) bond motifs is 1. The third kappa shape index (κ3) is 9.77. The molecule has 218 valence electrons. The molecule has 4 unspecified atom stereocenters. The van der Waals surface area contributed by atoms with Crippen LogP contribution < -0.4 is 33.2 Å². The van der Waals surface area contributed by atoms with Crippen molar-refractivity contribution in [2.75, 3.05) is 12.3 Å². The number of aromatic amines is 1. The molecule has 1 aromatic carbocycles. The number of nitrogens with two attached hydrogens (primary N) is 3. The molecule has 2 rings (SSSR count). The SMILES string of the molecule is NC(N)=NCCCC(N)C(=O)NC(Cc1c[nH]c2ccccc12)C(=O)NC(CC(=O)O)C(=O)NC(CS)C(=O)O. The van der Waals surface area contributed by atoms with E-state index in [0.717, 1.165) is 10.9 Å². The van der Waals surface area contributed by atoms with Gasteiger partial charge in [-0.05, 0) is 24.5 Å². The molecule has 1 aromatic heterocycles. The van der Waals surface area contributed by atoms with Gasteiger partial charge in [-0.3, -0.25) is 24.2 Å². The summed E-state index contributed by atoms with van der Waals surface area (Å²) in [4.78, 5) is 68.5. The standard InChI is InChI=1S/C24H34N8O7S/c25-14(5-3-7-28-24(26)27)20(35)30-16(8-12-10-29-15-6-2-1-4-13(12)15)21(36)31-17(9-19(33)34)22(37)32-18(11-40)23(38)39/h1-2,4,6,10,14,16-18,29,40H,3,5,7-9,11,25H2,(H,30,35)(H,31,36)(H,32,37)(H,33,34)(H,38,39)(H4,26,27,28). The summed E-state index contributed by atoms with van der Waals surface area (Å²) in [5.74, 6) is -5.74. The smallest absolute Gasteiger partial charge is 0.327 e. The molecule has 0 aliphatic heterocycles. The third-order valence-corrected chi connectivity index (χ3v) is 6.21. The average molecular weight is 579 g/mol. The van der Waals surface area contributed by atoms with Crippen molar-refractivity contribution in [3.8, 4) is 0 Å². The Morgan fingerprint density at radius 2 is 1.57 bits per heavy atom. The van der Waals surface area contributed by atoms with Crippen LogP contribution in [0, 0.1) is 0 Å². The molecule has 16 heteroatoms. The highest BCUT2D eigenvalue weighted by Gasteiger charge is 2.31. The summed E-state index contributed by atoms with van der Waals surface area (Å²) in [6, 6.07) is 1.93. The molecule has 0 aliphatic rings. The first-order chi connectivity index (χ1) is 18.9. The largest absolute Gasteiger partial charge is 0.481 e. The van der Waals surface area contributed by atoms with E-state index in [-0.39, 0.29) is 31.1 Å². The van der Waals surface area contributed by atoms with E-state index in [0.29, 0.717) is 12.0 Å². The minimum atomic E-state index is -1.64. The summed E-state index contributed by atoms with van der Waals surface area (Å²) in [6.07, 6.45) is 1.39. The number of nitrogens with one attached hydrogen (secondary N) is 4. The zero-order chi connectivity index (χ0) is 29.8. The monoisotopic (exact) mass is 578 g/mol. The number of carbonyl (C=O) groups excluding carboxylic acids is 3. The van der Waals surface area contributed by atoms with Crippen LogP contribution in [-0.2, 0) is 30.4 Å². The molecule has 0 spiro atoms. The minimum absolute atomic E-state index is 0.0297. The first-order valence-electron chi connectivity index (χ1n) is 12.3. The summed E-state index contributed by atoms with van der Waals surface area (Å²) >= 11 is 3.87. The maximum Gasteiger partial charge on any atom is 0.327 e. The molecule has 0 bridgehead atoms. The van der Waals surface area contributed by atoms with E-state index >= 15 is 0 Å². The van der Waals surface area contributed by atoms with Crippen molar-refractivity contribution in [1.82, 2.24) is 20.9 Å². The number of hydrogen-bond acceptors (Lipinski definition) is 8. The van der Waals surface area contributed by atoms with Crippen LogP contribution in [0.2, 0.25) is 0 Å². The molecule has 1 heterocycles. The van der Waals surface area contributed by atoms with Gasteiger partial charge in [0.1, 0.15) is 18.1 Å². The topological polar surface area (TPSA) is 268 Å². The van der Waals surface area contributed by atoms with Crippen LogP contribution in [-0.4, -0.2) is 87.3 Å². The van der Waals surface area contributed by atoms with E-state index in [4.69, 9.17) is 17.2 Å². The van der Waals surface area contributed by atoms with Gasteiger partial charge in [-0.1, -0.05) is 18.2 Å². The van der Waals surface area contributed by atoms with Crippen LogP contribution in [0.4, 0.5) is 0 Å². The van der Waals surface area contributed by atoms with Gasteiger partial charge >= 0.3 is 11.9 Å². The lowest BCUT2D eigenvalue weighted by Crippen LogP contribution is -2.58. The van der Waals surface area contributed by atoms with Gasteiger partial charge in [-0.15, -0.1) is 0 Å². The summed E-state index contributed by atoms with van der Waals surface area (Å²) < 4.78 is 0. The number of guanidine groups is 1. The molecule has 0 saturated carbocycles. The summed E-state index contributed by atoms with van der Waals surface area (Å²) in [5.41, 5.74) is 18.0. The summed E-state index contributed by atoms with van der Waals surface area (Å²) in [5, 5.41) is 26.3. The van der Waals surface area contributed by atoms with Crippen LogP contribution in [0.3, 0.4) is 0 Å². The van der Waals surface area contributed by atoms with Gasteiger partial charge in [0.15, 0.2) is 5.96 Å². The molecule has 2 aromatic rings. The number of aromatic nitrogens is 1. The number of benzene rings is 1. The molecule has 3 amide bonds. The normalized spacial score (nSPS) is 13.8. The van der Waals surface area contributed by atoms with E-state index in [9.17, 15) is 34.2 Å². The van der Waals surface area contributed by atoms with Gasteiger partial charge in [0.05, 0.1) is 12.5 Å². The van der Waals surface area contributed by atoms with Crippen molar-refractivity contribution >= 4 is 59.2 Å². The Hall–Kier alpha value is -4.31. The lowest BCUT2D eigenvalue weighted by atomic mass is 10.0. The van der Waals surface area contributed by atoms with Gasteiger partial charge in [0.25, 0.3) is 0 Å². The van der Waals surface area contributed by atoms with Gasteiger partial charge in [0, 0.05) is 35.8 Å². The molecule has 0 fully saturated rings. The highest BCUT2D eigenvalue weighted by Crippen LogP contribution is 2.19. The summed E-state index contributed by atoms with van der Waals surface area (Å²) in [7, 11) is 0. The van der Waals surface area contributed by atoms with Crippen molar-refractivity contribution < 1.29 is 34.2 Å². The number of amides is 3. The molecule has 40 heavy (non-hydrogen) atoms. The maximum absolute atomic E-state index is 13.4. The fourth-order valence-corrected chi connectivity index (χ4v) is 4.02. The van der Waals surface area contributed by atoms with E-state index in [2.05, 4.69) is 38.6 Å². The van der Waals surface area contributed by atoms with Crippen LogP contribution in [0.15, 0.2) is 35.5 Å². The number of para-hydroxylation sites is 1. The molecule has 0 aliphatic carbocycles. The minimum Gasteiger partial charge on any atom is -0.481 e. The Kier molecular flexibility index (Phi) is 12.2. The zero-order valence-electron chi connectivity index (χ0n) is 21.5. The van der Waals surface area contributed by atoms with E-state index in [1.807, 2.05) is 18.2 Å². The van der Waals surface area contributed by atoms with Crippen molar-refractivity contribution in [2.24, 2.45) is 22.2 Å². The third-order valence-electron chi connectivity index (χ3n) is 5.85. The predicted molar refractivity (Wildman–Crippen MR) is 149 cm³/mol.